The summed E-state index contributed by atoms with van der Waals surface area (Å²) in [5.74, 6) is -2.62. The maximum atomic E-state index is 12.5. The Labute approximate surface area is 162 Å². The smallest absolute Gasteiger partial charge is 0.329 e. The molecule has 2 fully saturated rings. The van der Waals surface area contributed by atoms with Gasteiger partial charge in [-0.2, -0.15) is 0 Å². The fourth-order valence-corrected chi connectivity index (χ4v) is 3.86. The van der Waals surface area contributed by atoms with E-state index >= 15 is 0 Å². The van der Waals surface area contributed by atoms with E-state index in [1.165, 1.54) is 6.92 Å². The third-order valence-electron chi connectivity index (χ3n) is 5.10. The van der Waals surface area contributed by atoms with Gasteiger partial charge in [-0.15, -0.1) is 0 Å². The van der Waals surface area contributed by atoms with Crippen LogP contribution in [0.5, 0.6) is 0 Å². The number of carbonyl (C=O) groups is 4. The van der Waals surface area contributed by atoms with Crippen LogP contribution in [0, 0.1) is 11.8 Å². The Balaban J connectivity index is 1.56. The maximum Gasteiger partial charge on any atom is 0.329 e. The second-order valence-electron chi connectivity index (χ2n) is 6.86. The zero-order valence-electron chi connectivity index (χ0n) is 14.9. The Bertz CT molecular complexity index is 757. The van der Waals surface area contributed by atoms with Crippen LogP contribution in [0.4, 0.5) is 5.69 Å². The largest absolute Gasteiger partial charge is 0.454 e. The van der Waals surface area contributed by atoms with Crippen LogP contribution in [0.1, 0.15) is 32.6 Å². The van der Waals surface area contributed by atoms with Crippen LogP contribution in [0.15, 0.2) is 24.3 Å². The number of halogens is 1. The quantitative estimate of drug-likeness (QED) is 0.613. The number of rotatable bonds is 5. The van der Waals surface area contributed by atoms with Crippen molar-refractivity contribution in [2.24, 2.45) is 11.8 Å². The molecule has 0 unspecified atom stereocenters. The summed E-state index contributed by atoms with van der Waals surface area (Å²) < 4.78 is 5.00. The fraction of sp³-hybridized carbons (Fsp3) is 0.474. The van der Waals surface area contributed by atoms with Crippen molar-refractivity contribution in [1.29, 1.82) is 0 Å². The summed E-state index contributed by atoms with van der Waals surface area (Å²) in [5.41, 5.74) is 0.405. The number of carbonyl (C=O) groups excluding carboxylic acids is 4. The molecule has 3 atom stereocenters. The van der Waals surface area contributed by atoms with Crippen LogP contribution in [0.25, 0.3) is 0 Å². The molecule has 0 bridgehead atoms. The normalized spacial score (nSPS) is 23.0. The van der Waals surface area contributed by atoms with Crippen molar-refractivity contribution in [3.63, 3.8) is 0 Å². The average Bonchev–Trinajstić information content (AvgIpc) is 2.92. The van der Waals surface area contributed by atoms with Gasteiger partial charge in [0.25, 0.3) is 5.91 Å². The van der Waals surface area contributed by atoms with E-state index in [1.807, 2.05) is 0 Å². The molecule has 144 valence electrons. The minimum absolute atomic E-state index is 0.310. The monoisotopic (exact) mass is 392 g/mol. The summed E-state index contributed by atoms with van der Waals surface area (Å²) in [7, 11) is 0. The van der Waals surface area contributed by atoms with E-state index < -0.39 is 24.5 Å². The van der Waals surface area contributed by atoms with Gasteiger partial charge in [-0.25, -0.2) is 4.79 Å². The lowest BCUT2D eigenvalue weighted by atomic mass is 9.81. The second-order valence-corrected chi connectivity index (χ2v) is 7.26. The summed E-state index contributed by atoms with van der Waals surface area (Å²) in [6, 6.07) is 5.62. The summed E-state index contributed by atoms with van der Waals surface area (Å²) in [4.78, 5) is 50.3. The molecular weight excluding hydrogens is 372 g/mol. The number of likely N-dealkylation sites (tertiary alicyclic amines) is 1. The highest BCUT2D eigenvalue weighted by Gasteiger charge is 2.51. The van der Waals surface area contributed by atoms with Crippen LogP contribution >= 0.6 is 11.6 Å². The molecule has 27 heavy (non-hydrogen) atoms. The number of nitrogens with zero attached hydrogens (tertiary/aromatic N) is 1. The molecule has 0 aromatic heterocycles. The summed E-state index contributed by atoms with van der Waals surface area (Å²) in [6.07, 6.45) is 3.17. The third kappa shape index (κ3) is 3.98. The van der Waals surface area contributed by atoms with Crippen LogP contribution in [0.3, 0.4) is 0 Å². The molecule has 1 saturated heterocycles. The molecule has 1 aromatic carbocycles. The van der Waals surface area contributed by atoms with Crippen LogP contribution in [0.2, 0.25) is 5.02 Å². The van der Waals surface area contributed by atoms with Gasteiger partial charge in [0, 0.05) is 0 Å². The first-order valence-corrected chi connectivity index (χ1v) is 9.36. The summed E-state index contributed by atoms with van der Waals surface area (Å²) >= 11 is 5.96. The minimum Gasteiger partial charge on any atom is -0.454 e. The van der Waals surface area contributed by atoms with Crippen LogP contribution in [-0.4, -0.2) is 41.2 Å². The van der Waals surface area contributed by atoms with Gasteiger partial charge in [-0.1, -0.05) is 36.6 Å². The third-order valence-corrected chi connectivity index (χ3v) is 5.43. The van der Waals surface area contributed by atoms with Crippen LogP contribution < -0.4 is 5.32 Å². The Morgan fingerprint density at radius 1 is 1.19 bits per heavy atom. The number of nitrogens with one attached hydrogen (secondary N) is 1. The summed E-state index contributed by atoms with van der Waals surface area (Å²) in [5, 5.41) is 2.90. The van der Waals surface area contributed by atoms with E-state index in [0.29, 0.717) is 23.6 Å². The molecule has 1 N–H and O–H groups in total. The first kappa shape index (κ1) is 19.4. The molecule has 8 heteroatoms. The van der Waals surface area contributed by atoms with E-state index in [1.54, 1.807) is 24.3 Å². The number of esters is 1. The first-order chi connectivity index (χ1) is 12.9. The maximum absolute atomic E-state index is 12.5. The Hall–Kier alpha value is -2.41. The summed E-state index contributed by atoms with van der Waals surface area (Å²) in [6.45, 7) is 0.916. The predicted molar refractivity (Wildman–Crippen MR) is 97.8 cm³/mol. The van der Waals surface area contributed by atoms with E-state index in [2.05, 4.69) is 5.32 Å². The van der Waals surface area contributed by atoms with Crippen LogP contribution in [-0.2, 0) is 23.9 Å². The predicted octanol–water partition coefficient (Wildman–Crippen LogP) is 2.39. The van der Waals surface area contributed by atoms with Gasteiger partial charge in [0.15, 0.2) is 6.61 Å². The van der Waals surface area contributed by atoms with Gasteiger partial charge in [0.05, 0.1) is 22.5 Å². The van der Waals surface area contributed by atoms with E-state index in [9.17, 15) is 19.2 Å². The molecule has 1 aliphatic carbocycles. The van der Waals surface area contributed by atoms with E-state index in [-0.39, 0.29) is 23.7 Å². The number of fused-ring (bicyclic) bond motifs is 1. The standard InChI is InChI=1S/C19H21ClN2O5/c1-11(22-17(24)12-6-2-3-7-13(12)18(22)25)19(26)27-10-16(23)21-15-9-5-4-8-14(15)20/h4-5,8-9,11-13H,2-3,6-7,10H2,1H3,(H,21,23)/t11-,12-,13-/m0/s1. The van der Waals surface area contributed by atoms with Gasteiger partial charge in [-0.3, -0.25) is 19.3 Å². The van der Waals surface area contributed by atoms with E-state index in [0.717, 1.165) is 17.7 Å². The minimum atomic E-state index is -1.05. The van der Waals surface area contributed by atoms with Crippen molar-refractivity contribution < 1.29 is 23.9 Å². The number of benzene rings is 1. The highest BCUT2D eigenvalue weighted by molar-refractivity contribution is 6.33. The molecule has 1 heterocycles. The number of amides is 3. The van der Waals surface area contributed by atoms with Crippen molar-refractivity contribution in [3.8, 4) is 0 Å². The zero-order valence-corrected chi connectivity index (χ0v) is 15.7. The second kappa shape index (κ2) is 8.08. The van der Waals surface area contributed by atoms with Crippen molar-refractivity contribution in [3.05, 3.63) is 29.3 Å². The molecule has 7 nitrogen and oxygen atoms in total. The molecule has 0 radical (unpaired) electrons. The van der Waals surface area contributed by atoms with Crippen molar-refractivity contribution >= 4 is 41.0 Å². The molecule has 1 aromatic rings. The van der Waals surface area contributed by atoms with Gasteiger partial charge in [-0.05, 0) is 31.9 Å². The lowest BCUT2D eigenvalue weighted by Crippen LogP contribution is -2.45. The molecule has 1 aliphatic heterocycles. The number of imide groups is 1. The Morgan fingerprint density at radius 3 is 2.37 bits per heavy atom. The van der Waals surface area contributed by atoms with Gasteiger partial charge < -0.3 is 10.1 Å². The fourth-order valence-electron chi connectivity index (χ4n) is 3.68. The molecule has 3 amide bonds. The van der Waals surface area contributed by atoms with Crippen molar-refractivity contribution in [2.75, 3.05) is 11.9 Å². The topological polar surface area (TPSA) is 92.8 Å². The molecular formula is C19H21ClN2O5. The zero-order chi connectivity index (χ0) is 19.6. The average molecular weight is 393 g/mol. The number of anilines is 1. The van der Waals surface area contributed by atoms with Gasteiger partial charge >= 0.3 is 5.97 Å². The highest BCUT2D eigenvalue weighted by Crippen LogP contribution is 2.38. The lowest BCUT2D eigenvalue weighted by molar-refractivity contribution is -0.159. The lowest BCUT2D eigenvalue weighted by Gasteiger charge is -2.21. The van der Waals surface area contributed by atoms with Gasteiger partial charge in [0.2, 0.25) is 11.8 Å². The number of hydrogen-bond donors (Lipinski definition) is 1. The number of para-hydroxylation sites is 1. The van der Waals surface area contributed by atoms with Crippen molar-refractivity contribution in [2.45, 2.75) is 38.6 Å². The molecule has 2 aliphatic rings. The first-order valence-electron chi connectivity index (χ1n) is 8.98. The number of hydrogen-bond acceptors (Lipinski definition) is 5. The molecule has 1 saturated carbocycles. The SMILES string of the molecule is C[C@@H](C(=O)OCC(=O)Nc1ccccc1Cl)N1C(=O)[C@H]2CCCC[C@@H]2C1=O. The highest BCUT2D eigenvalue weighted by atomic mass is 35.5. The number of ether oxygens (including phenoxy) is 1. The molecule has 3 rings (SSSR count). The Kier molecular flexibility index (Phi) is 5.79. The van der Waals surface area contributed by atoms with E-state index in [4.69, 9.17) is 16.3 Å². The van der Waals surface area contributed by atoms with Gasteiger partial charge in [0.1, 0.15) is 6.04 Å². The Morgan fingerprint density at radius 2 is 1.78 bits per heavy atom. The molecule has 0 spiro atoms. The van der Waals surface area contributed by atoms with Crippen molar-refractivity contribution in [1.82, 2.24) is 4.90 Å².